The SMILES string of the molecule is CCCCCCCCCCCCCC=C[C@@H](OC(=O)c1ccccc1)[C@H](CO[C@@]1(C)O[C@H](COC(=O)OC(C)(C)C)[C@H](OC(=O)OC(C)(C)C)[C@H](O)[C@H]1OC(=O)OCC(Cl)(Cl)Cl)N=[N+]=[N-]. The lowest BCUT2D eigenvalue weighted by Crippen LogP contribution is -2.67. The molecule has 0 saturated carbocycles. The van der Waals surface area contributed by atoms with Crippen LogP contribution in [0.4, 0.5) is 14.4 Å². The average molecular weight is 981 g/mol. The van der Waals surface area contributed by atoms with Gasteiger partial charge >= 0.3 is 24.4 Å². The normalized spacial score (nSPS) is 21.0. The van der Waals surface area contributed by atoms with Crippen molar-refractivity contribution in [3.63, 3.8) is 0 Å². The minimum atomic E-state index is -2.26. The van der Waals surface area contributed by atoms with Crippen LogP contribution < -0.4 is 0 Å². The first kappa shape index (κ1) is 57.4. The second-order valence-electron chi connectivity index (χ2n) is 17.7. The number of nitrogens with zero attached hydrogens (tertiary/aromatic N) is 3. The van der Waals surface area contributed by atoms with Gasteiger partial charge in [-0.2, -0.15) is 0 Å². The molecule has 1 N–H and O–H groups in total. The van der Waals surface area contributed by atoms with Crippen molar-refractivity contribution in [3.05, 3.63) is 58.5 Å². The number of aliphatic hydroxyl groups is 1. The summed E-state index contributed by atoms with van der Waals surface area (Å²) in [5.41, 5.74) is 7.95. The largest absolute Gasteiger partial charge is 0.509 e. The van der Waals surface area contributed by atoms with Crippen LogP contribution in [-0.4, -0.2) is 107 Å². The van der Waals surface area contributed by atoms with Crippen molar-refractivity contribution in [3.8, 4) is 0 Å². The van der Waals surface area contributed by atoms with Gasteiger partial charge in [-0.15, -0.1) is 0 Å². The number of carbonyl (C=O) groups excluding carboxylic acids is 4. The third-order valence-corrected chi connectivity index (χ3v) is 9.87. The van der Waals surface area contributed by atoms with Crippen LogP contribution >= 0.6 is 34.8 Å². The van der Waals surface area contributed by atoms with Gasteiger partial charge < -0.3 is 47.7 Å². The summed E-state index contributed by atoms with van der Waals surface area (Å²) in [5.74, 6) is -2.98. The van der Waals surface area contributed by atoms with E-state index in [2.05, 4.69) is 16.9 Å². The lowest BCUT2D eigenvalue weighted by molar-refractivity contribution is -0.358. The van der Waals surface area contributed by atoms with Crippen LogP contribution in [0.1, 0.15) is 143 Å². The second-order valence-corrected chi connectivity index (χ2v) is 20.3. The molecule has 0 bridgehead atoms. The molecule has 7 atom stereocenters. The van der Waals surface area contributed by atoms with Crippen molar-refractivity contribution < 1.29 is 66.9 Å². The zero-order valence-electron chi connectivity index (χ0n) is 38.8. The summed E-state index contributed by atoms with van der Waals surface area (Å²) >= 11 is 17.3. The number of allylic oxidation sites excluding steroid dienone is 1. The van der Waals surface area contributed by atoms with Crippen LogP contribution in [0.15, 0.2) is 47.6 Å². The van der Waals surface area contributed by atoms with Crippen LogP contribution in [0.3, 0.4) is 0 Å². The molecule has 20 heteroatoms. The van der Waals surface area contributed by atoms with Gasteiger partial charge in [-0.3, -0.25) is 0 Å². The molecule has 0 amide bonds. The Kier molecular flexibility index (Phi) is 25.2. The molecular weight excluding hydrogens is 913 g/mol. The van der Waals surface area contributed by atoms with Crippen LogP contribution in [0.5, 0.6) is 0 Å². The molecule has 0 unspecified atom stereocenters. The van der Waals surface area contributed by atoms with Crippen LogP contribution in [0, 0.1) is 0 Å². The monoisotopic (exact) mass is 979 g/mol. The van der Waals surface area contributed by atoms with Gasteiger partial charge in [0.1, 0.15) is 48.8 Å². The van der Waals surface area contributed by atoms with E-state index in [1.165, 1.54) is 51.9 Å². The van der Waals surface area contributed by atoms with Gasteiger partial charge in [0, 0.05) is 4.91 Å². The maximum Gasteiger partial charge on any atom is 0.509 e. The number of alkyl halides is 3. The van der Waals surface area contributed by atoms with Crippen molar-refractivity contribution in [2.45, 2.75) is 190 Å². The Morgan fingerprint density at radius 2 is 1.42 bits per heavy atom. The molecule has 1 fully saturated rings. The highest BCUT2D eigenvalue weighted by atomic mass is 35.6. The first-order valence-corrected chi connectivity index (χ1v) is 23.2. The number of unbranched alkanes of at least 4 members (excludes halogenated alkanes) is 11. The van der Waals surface area contributed by atoms with Crippen molar-refractivity contribution in [1.82, 2.24) is 0 Å². The topological polar surface area (TPSA) is 220 Å². The number of benzene rings is 1. The van der Waals surface area contributed by atoms with E-state index in [9.17, 15) is 29.8 Å². The fourth-order valence-corrected chi connectivity index (χ4v) is 6.64. The maximum absolute atomic E-state index is 13.4. The van der Waals surface area contributed by atoms with Crippen LogP contribution in [-0.2, 0) is 42.6 Å². The van der Waals surface area contributed by atoms with E-state index in [0.29, 0.717) is 6.42 Å². The van der Waals surface area contributed by atoms with Gasteiger partial charge in [-0.25, -0.2) is 19.2 Å². The first-order valence-electron chi connectivity index (χ1n) is 22.1. The number of hydrogen-bond donors (Lipinski definition) is 1. The number of carbonyl (C=O) groups is 4. The van der Waals surface area contributed by atoms with Gasteiger partial charge in [0.05, 0.1) is 12.2 Å². The van der Waals surface area contributed by atoms with E-state index in [0.717, 1.165) is 25.7 Å². The lowest BCUT2D eigenvalue weighted by Gasteiger charge is -2.48. The Hall–Kier alpha value is -3.70. The Morgan fingerprint density at radius 1 is 0.846 bits per heavy atom. The highest BCUT2D eigenvalue weighted by Crippen LogP contribution is 2.37. The van der Waals surface area contributed by atoms with Gasteiger partial charge in [0.25, 0.3) is 0 Å². The van der Waals surface area contributed by atoms with E-state index in [1.807, 2.05) is 6.08 Å². The van der Waals surface area contributed by atoms with Crippen LogP contribution in [0.2, 0.25) is 0 Å². The second kappa shape index (κ2) is 28.5. The summed E-state index contributed by atoms with van der Waals surface area (Å²) in [5, 5.41) is 15.8. The molecule has 1 aliphatic rings. The average Bonchev–Trinajstić information content (AvgIpc) is 3.20. The molecule has 65 heavy (non-hydrogen) atoms. The molecule has 0 aromatic heterocycles. The van der Waals surface area contributed by atoms with E-state index in [1.54, 1.807) is 78.0 Å². The molecule has 0 aliphatic carbocycles. The van der Waals surface area contributed by atoms with E-state index in [-0.39, 0.29) is 5.56 Å². The number of hydrogen-bond acceptors (Lipinski definition) is 15. The number of esters is 1. The van der Waals surface area contributed by atoms with E-state index < -0.39 is 102 Å². The molecule has 1 aromatic rings. The first-order chi connectivity index (χ1) is 30.5. The summed E-state index contributed by atoms with van der Waals surface area (Å²) in [7, 11) is 0. The van der Waals surface area contributed by atoms with Crippen molar-refractivity contribution in [1.29, 1.82) is 0 Å². The Morgan fingerprint density at radius 3 is 1.97 bits per heavy atom. The molecule has 2 rings (SSSR count). The molecule has 1 aliphatic heterocycles. The molecule has 0 radical (unpaired) electrons. The van der Waals surface area contributed by atoms with Crippen molar-refractivity contribution in [2.24, 2.45) is 5.11 Å². The van der Waals surface area contributed by atoms with Crippen molar-refractivity contribution >= 4 is 59.2 Å². The quantitative estimate of drug-likeness (QED) is 0.0141. The molecule has 1 saturated heterocycles. The number of halogens is 3. The Bertz CT molecular complexity index is 1680. The number of ether oxygens (including phenoxy) is 9. The number of rotatable bonds is 25. The third kappa shape index (κ3) is 24.1. The fourth-order valence-electron chi connectivity index (χ4n) is 6.48. The molecule has 0 spiro atoms. The number of azide groups is 1. The van der Waals surface area contributed by atoms with Crippen LogP contribution in [0.25, 0.3) is 10.4 Å². The summed E-state index contributed by atoms with van der Waals surface area (Å²) < 4.78 is 48.1. The third-order valence-electron chi connectivity index (χ3n) is 9.54. The highest BCUT2D eigenvalue weighted by Gasteiger charge is 2.58. The van der Waals surface area contributed by atoms with Gasteiger partial charge in [-0.05, 0) is 85.0 Å². The summed E-state index contributed by atoms with van der Waals surface area (Å²) in [6.07, 6.45) is 4.62. The minimum absolute atomic E-state index is 0.230. The standard InChI is InChI=1S/C45H68Cl3N3O14/c1-9-10-11-12-13-14-15-16-17-18-19-20-24-27-33(60-38(53)31-25-22-21-23-26-31)32(50-51-49)28-59-44(8)37(62-39(54)58-30-45(46,47)48)35(52)36(61-41(56)65-43(5,6)7)34(63-44)29-57-40(55)64-42(2,3)4/h21-27,32-37,52H,9-20,28-30H2,1-8H3/t32-,33+,34+,35-,36-,37+,44-/m0/s1. The molecule has 368 valence electrons. The van der Waals surface area contributed by atoms with Crippen molar-refractivity contribution in [2.75, 3.05) is 19.8 Å². The highest BCUT2D eigenvalue weighted by molar-refractivity contribution is 6.67. The summed E-state index contributed by atoms with van der Waals surface area (Å²) in [6.45, 7) is 10.9. The lowest BCUT2D eigenvalue weighted by atomic mass is 9.92. The molecular formula is C45H68Cl3N3O14. The zero-order valence-corrected chi connectivity index (χ0v) is 41.1. The maximum atomic E-state index is 13.4. The smallest absolute Gasteiger partial charge is 0.454 e. The van der Waals surface area contributed by atoms with Gasteiger partial charge in [0.15, 0.2) is 12.2 Å². The minimum Gasteiger partial charge on any atom is -0.454 e. The predicted molar refractivity (Wildman–Crippen MR) is 244 cm³/mol. The van der Waals surface area contributed by atoms with Gasteiger partial charge in [0.2, 0.25) is 9.58 Å². The molecule has 17 nitrogen and oxygen atoms in total. The van der Waals surface area contributed by atoms with Gasteiger partial charge in [-0.1, -0.05) is 135 Å². The summed E-state index contributed by atoms with van der Waals surface area (Å²) in [6, 6.07) is 6.89. The molecule has 1 heterocycles. The Labute approximate surface area is 397 Å². The number of aliphatic hydroxyl groups excluding tert-OH is 1. The predicted octanol–water partition coefficient (Wildman–Crippen LogP) is 11.8. The Balaban J connectivity index is 2.44. The van der Waals surface area contributed by atoms with E-state index in [4.69, 9.17) is 77.4 Å². The van der Waals surface area contributed by atoms with E-state index >= 15 is 0 Å². The summed E-state index contributed by atoms with van der Waals surface area (Å²) in [4.78, 5) is 55.1. The zero-order chi connectivity index (χ0) is 48.7. The molecule has 1 aromatic carbocycles. The fraction of sp³-hybridized carbons (Fsp3) is 0.733.